The van der Waals surface area contributed by atoms with Crippen molar-refractivity contribution in [3.05, 3.63) is 17.6 Å². The second-order valence-corrected chi connectivity index (χ2v) is 4.36. The molecule has 1 aromatic rings. The average Bonchev–Trinajstić information content (AvgIpc) is 2.16. The van der Waals surface area contributed by atoms with Crippen LogP contribution in [-0.2, 0) is 0 Å². The molecule has 0 fully saturated rings. The van der Waals surface area contributed by atoms with E-state index >= 15 is 0 Å². The van der Waals surface area contributed by atoms with Crippen LogP contribution in [0.4, 0.5) is 5.82 Å². The number of anilines is 1. The smallest absolute Gasteiger partial charge is 0.133 e. The molecule has 3 heteroatoms. The molecule has 0 aliphatic rings. The molecule has 0 amide bonds. The van der Waals surface area contributed by atoms with Crippen LogP contribution in [0.25, 0.3) is 0 Å². The van der Waals surface area contributed by atoms with Crippen molar-refractivity contribution in [2.24, 2.45) is 0 Å². The van der Waals surface area contributed by atoms with Gasteiger partial charge in [0.2, 0.25) is 0 Å². The Bertz CT molecular complexity index is 391. The molecule has 0 aliphatic heterocycles. The summed E-state index contributed by atoms with van der Waals surface area (Å²) in [5.74, 6) is 4.70. The summed E-state index contributed by atoms with van der Waals surface area (Å²) in [5.41, 5.74) is 0.981. The van der Waals surface area contributed by atoms with E-state index in [1.807, 2.05) is 19.9 Å². The van der Waals surface area contributed by atoms with Crippen LogP contribution in [-0.4, -0.2) is 16.0 Å². The quantitative estimate of drug-likeness (QED) is 0.788. The third-order valence-electron chi connectivity index (χ3n) is 2.21. The highest BCUT2D eigenvalue weighted by Crippen LogP contribution is 2.14. The molecular formula is C13H19N3. The van der Waals surface area contributed by atoms with Crippen LogP contribution in [0.3, 0.4) is 0 Å². The molecule has 0 bridgehead atoms. The minimum atomic E-state index is 0.235. The van der Waals surface area contributed by atoms with Crippen LogP contribution in [0.1, 0.15) is 44.6 Å². The van der Waals surface area contributed by atoms with Gasteiger partial charge in [-0.25, -0.2) is 9.97 Å². The third kappa shape index (κ3) is 3.54. The fourth-order valence-corrected chi connectivity index (χ4v) is 1.40. The van der Waals surface area contributed by atoms with Gasteiger partial charge < -0.3 is 5.32 Å². The Hall–Kier alpha value is -1.56. The number of hydrogen-bond acceptors (Lipinski definition) is 3. The predicted octanol–water partition coefficient (Wildman–Crippen LogP) is 2.73. The summed E-state index contributed by atoms with van der Waals surface area (Å²) in [7, 11) is 0. The van der Waals surface area contributed by atoms with Crippen LogP contribution in [0.2, 0.25) is 0 Å². The zero-order valence-corrected chi connectivity index (χ0v) is 10.4. The number of aromatic nitrogens is 2. The maximum absolute atomic E-state index is 5.27. The van der Waals surface area contributed by atoms with Gasteiger partial charge in [0, 0.05) is 30.1 Å². The van der Waals surface area contributed by atoms with Crippen molar-refractivity contribution in [3.63, 3.8) is 0 Å². The molecule has 1 heterocycles. The molecule has 1 N–H and O–H groups in total. The van der Waals surface area contributed by atoms with Gasteiger partial charge in [-0.05, 0) is 13.8 Å². The van der Waals surface area contributed by atoms with Gasteiger partial charge in [0.1, 0.15) is 11.6 Å². The van der Waals surface area contributed by atoms with Gasteiger partial charge in [-0.1, -0.05) is 13.8 Å². The Balaban J connectivity index is 2.85. The molecule has 0 saturated heterocycles. The zero-order valence-electron chi connectivity index (χ0n) is 10.4. The highest BCUT2D eigenvalue weighted by molar-refractivity contribution is 5.37. The fraction of sp³-hybridized carbons (Fsp3) is 0.538. The molecule has 0 saturated carbocycles. The van der Waals surface area contributed by atoms with Crippen molar-refractivity contribution in [2.45, 2.75) is 46.1 Å². The van der Waals surface area contributed by atoms with E-state index in [0.717, 1.165) is 17.3 Å². The van der Waals surface area contributed by atoms with E-state index in [9.17, 15) is 0 Å². The number of terminal acetylenes is 1. The second kappa shape index (κ2) is 5.50. The van der Waals surface area contributed by atoms with Crippen molar-refractivity contribution < 1.29 is 0 Å². The lowest BCUT2D eigenvalue weighted by Gasteiger charge is -2.14. The van der Waals surface area contributed by atoms with Gasteiger partial charge in [0.05, 0.1) is 0 Å². The van der Waals surface area contributed by atoms with E-state index in [2.05, 4.69) is 35.1 Å². The molecule has 1 atom stereocenters. The number of nitrogens with one attached hydrogen (secondary N) is 1. The summed E-state index contributed by atoms with van der Waals surface area (Å²) < 4.78 is 0. The SMILES string of the molecule is C#CCC(C)Nc1cc(C)nc(C(C)C)n1. The maximum Gasteiger partial charge on any atom is 0.133 e. The van der Waals surface area contributed by atoms with Crippen LogP contribution in [0, 0.1) is 19.3 Å². The first-order valence-corrected chi connectivity index (χ1v) is 5.58. The summed E-state index contributed by atoms with van der Waals surface area (Å²) in [6.45, 7) is 8.20. The minimum absolute atomic E-state index is 0.235. The van der Waals surface area contributed by atoms with Gasteiger partial charge in [-0.2, -0.15) is 0 Å². The molecule has 1 aromatic heterocycles. The minimum Gasteiger partial charge on any atom is -0.367 e. The molecule has 16 heavy (non-hydrogen) atoms. The first-order valence-electron chi connectivity index (χ1n) is 5.58. The molecule has 0 aliphatic carbocycles. The van der Waals surface area contributed by atoms with Crippen molar-refractivity contribution in [3.8, 4) is 12.3 Å². The Kier molecular flexibility index (Phi) is 4.30. The molecule has 1 unspecified atom stereocenters. The molecule has 86 valence electrons. The molecular weight excluding hydrogens is 198 g/mol. The van der Waals surface area contributed by atoms with E-state index in [1.165, 1.54) is 0 Å². The van der Waals surface area contributed by atoms with Crippen LogP contribution in [0.15, 0.2) is 6.07 Å². The monoisotopic (exact) mass is 217 g/mol. The Morgan fingerprint density at radius 2 is 2.06 bits per heavy atom. The number of aryl methyl sites for hydroxylation is 1. The van der Waals surface area contributed by atoms with Crippen LogP contribution >= 0.6 is 0 Å². The molecule has 3 nitrogen and oxygen atoms in total. The zero-order chi connectivity index (χ0) is 12.1. The molecule has 0 radical (unpaired) electrons. The lowest BCUT2D eigenvalue weighted by atomic mass is 10.2. The van der Waals surface area contributed by atoms with Gasteiger partial charge in [0.15, 0.2) is 0 Å². The van der Waals surface area contributed by atoms with Crippen molar-refractivity contribution in [1.29, 1.82) is 0 Å². The predicted molar refractivity (Wildman–Crippen MR) is 67.4 cm³/mol. The second-order valence-electron chi connectivity index (χ2n) is 4.36. The summed E-state index contributed by atoms with van der Waals surface area (Å²) in [6, 6.07) is 2.18. The molecule has 0 spiro atoms. The Morgan fingerprint density at radius 1 is 1.38 bits per heavy atom. The first kappa shape index (κ1) is 12.5. The number of rotatable bonds is 4. The largest absolute Gasteiger partial charge is 0.367 e. The van der Waals surface area contributed by atoms with E-state index in [1.54, 1.807) is 0 Å². The normalized spacial score (nSPS) is 12.2. The fourth-order valence-electron chi connectivity index (χ4n) is 1.40. The van der Waals surface area contributed by atoms with E-state index in [-0.39, 0.29) is 6.04 Å². The lowest BCUT2D eigenvalue weighted by Crippen LogP contribution is -2.16. The summed E-state index contributed by atoms with van der Waals surface area (Å²) in [6.07, 6.45) is 5.96. The van der Waals surface area contributed by atoms with Gasteiger partial charge in [-0.3, -0.25) is 0 Å². The van der Waals surface area contributed by atoms with E-state index in [4.69, 9.17) is 6.42 Å². The Labute approximate surface area is 97.7 Å². The number of nitrogens with zero attached hydrogens (tertiary/aromatic N) is 2. The Morgan fingerprint density at radius 3 is 2.62 bits per heavy atom. The van der Waals surface area contributed by atoms with Gasteiger partial charge in [0.25, 0.3) is 0 Å². The lowest BCUT2D eigenvalue weighted by molar-refractivity contribution is 0.756. The summed E-state index contributed by atoms with van der Waals surface area (Å²) >= 11 is 0. The first-order chi connectivity index (χ1) is 7.52. The third-order valence-corrected chi connectivity index (χ3v) is 2.21. The van der Waals surface area contributed by atoms with Crippen molar-refractivity contribution in [1.82, 2.24) is 9.97 Å². The highest BCUT2D eigenvalue weighted by atomic mass is 15.0. The topological polar surface area (TPSA) is 37.8 Å². The van der Waals surface area contributed by atoms with E-state index in [0.29, 0.717) is 12.3 Å². The highest BCUT2D eigenvalue weighted by Gasteiger charge is 2.07. The van der Waals surface area contributed by atoms with Gasteiger partial charge in [-0.15, -0.1) is 12.3 Å². The molecule has 0 aromatic carbocycles. The summed E-state index contributed by atoms with van der Waals surface area (Å²) in [4.78, 5) is 8.86. The standard InChI is InChI=1S/C13H19N3/c1-6-7-10(4)14-12-8-11(5)15-13(16-12)9(2)3/h1,8-10H,7H2,2-5H3,(H,14,15,16). The van der Waals surface area contributed by atoms with Crippen molar-refractivity contribution >= 4 is 5.82 Å². The maximum atomic E-state index is 5.27. The van der Waals surface area contributed by atoms with Crippen molar-refractivity contribution in [2.75, 3.05) is 5.32 Å². The van der Waals surface area contributed by atoms with Crippen LogP contribution < -0.4 is 5.32 Å². The average molecular weight is 217 g/mol. The summed E-state index contributed by atoms with van der Waals surface area (Å²) in [5, 5.41) is 3.29. The van der Waals surface area contributed by atoms with Gasteiger partial charge >= 0.3 is 0 Å². The van der Waals surface area contributed by atoms with Crippen LogP contribution in [0.5, 0.6) is 0 Å². The number of hydrogen-bond donors (Lipinski definition) is 1. The van der Waals surface area contributed by atoms with E-state index < -0.39 is 0 Å². The molecule has 1 rings (SSSR count).